The molecule has 0 aliphatic rings. The molecule has 0 heterocycles. The van der Waals surface area contributed by atoms with Crippen molar-refractivity contribution in [1.29, 1.82) is 0 Å². The van der Waals surface area contributed by atoms with Crippen LogP contribution in [0.1, 0.15) is 134 Å². The first-order valence-electron chi connectivity index (χ1n) is 24.6. The highest BCUT2D eigenvalue weighted by Gasteiger charge is 2.21. The average molecular weight is 919 g/mol. The van der Waals surface area contributed by atoms with Crippen molar-refractivity contribution < 1.29 is 38.0 Å². The van der Waals surface area contributed by atoms with E-state index in [1.54, 1.807) is 38.5 Å². The number of carbonyl (C=O) groups excluding carboxylic acids is 2. The molecular formula is C60H70O8. The van der Waals surface area contributed by atoms with Crippen LogP contribution in [0, 0.1) is 13.8 Å². The van der Waals surface area contributed by atoms with Gasteiger partial charge in [0, 0.05) is 11.1 Å². The highest BCUT2D eigenvalue weighted by molar-refractivity contribution is 5.91. The van der Waals surface area contributed by atoms with E-state index in [1.807, 2.05) is 111 Å². The lowest BCUT2D eigenvalue weighted by Gasteiger charge is -2.21. The molecule has 0 amide bonds. The minimum Gasteiger partial charge on any atom is -0.497 e. The van der Waals surface area contributed by atoms with Gasteiger partial charge in [0.1, 0.15) is 36.2 Å². The third kappa shape index (κ3) is 14.7. The Labute approximate surface area is 404 Å². The van der Waals surface area contributed by atoms with E-state index >= 15 is 0 Å². The molecule has 0 N–H and O–H groups in total. The Morgan fingerprint density at radius 3 is 1.06 bits per heavy atom. The lowest BCUT2D eigenvalue weighted by Crippen LogP contribution is -2.09. The molecule has 0 radical (unpaired) electrons. The van der Waals surface area contributed by atoms with Crippen molar-refractivity contribution >= 4 is 11.9 Å². The van der Waals surface area contributed by atoms with Crippen molar-refractivity contribution in [1.82, 2.24) is 0 Å². The number of hydrogen-bond donors (Lipinski definition) is 0. The van der Waals surface area contributed by atoms with Crippen LogP contribution in [0.4, 0.5) is 0 Å². The van der Waals surface area contributed by atoms with Crippen LogP contribution in [-0.2, 0) is 22.7 Å². The van der Waals surface area contributed by atoms with Gasteiger partial charge in [0.2, 0.25) is 0 Å². The Balaban J connectivity index is 1.09. The van der Waals surface area contributed by atoms with Crippen molar-refractivity contribution in [2.45, 2.75) is 118 Å². The summed E-state index contributed by atoms with van der Waals surface area (Å²) in [5.74, 6) is 2.09. The second-order valence-electron chi connectivity index (χ2n) is 17.5. The number of unbranched alkanes of at least 4 members (excludes halogenated alkanes) is 10. The maximum absolute atomic E-state index is 13.6. The van der Waals surface area contributed by atoms with Crippen LogP contribution in [0.15, 0.2) is 121 Å². The van der Waals surface area contributed by atoms with Gasteiger partial charge in [-0.15, -0.1) is 0 Å². The molecule has 0 unspecified atom stereocenters. The average Bonchev–Trinajstić information content (AvgIpc) is 3.37. The fourth-order valence-corrected chi connectivity index (χ4v) is 8.51. The molecule has 0 aromatic heterocycles. The third-order valence-electron chi connectivity index (χ3n) is 12.4. The maximum atomic E-state index is 13.6. The summed E-state index contributed by atoms with van der Waals surface area (Å²) < 4.78 is 35.3. The SMILES string of the molecule is CCCCCCCCOc1ccc(-c2ccc(C(=O)OCc3cc(OC)cc(C)c3-c3c(C)cc(OC)cc3COC(=O)c3ccc(-c4ccc(OCCCCCCCC)cc4)cc3)cc2)cc1. The van der Waals surface area contributed by atoms with Gasteiger partial charge in [-0.3, -0.25) is 0 Å². The molecule has 0 bridgehead atoms. The predicted octanol–water partition coefficient (Wildman–Crippen LogP) is 15.5. The van der Waals surface area contributed by atoms with E-state index in [9.17, 15) is 9.59 Å². The summed E-state index contributed by atoms with van der Waals surface area (Å²) in [6.07, 6.45) is 14.7. The number of rotatable bonds is 27. The van der Waals surface area contributed by atoms with E-state index in [0.29, 0.717) is 22.6 Å². The number of hydrogen-bond acceptors (Lipinski definition) is 8. The fourth-order valence-electron chi connectivity index (χ4n) is 8.51. The Kier molecular flexibility index (Phi) is 20.0. The number of carbonyl (C=O) groups is 2. The summed E-state index contributed by atoms with van der Waals surface area (Å²) in [6, 6.07) is 38.7. The number of benzene rings is 6. The van der Waals surface area contributed by atoms with Gasteiger partial charge in [-0.05, 0) is 144 Å². The topological polar surface area (TPSA) is 89.5 Å². The van der Waals surface area contributed by atoms with Crippen LogP contribution in [0.5, 0.6) is 23.0 Å². The van der Waals surface area contributed by atoms with Crippen molar-refractivity contribution in [3.8, 4) is 56.4 Å². The van der Waals surface area contributed by atoms with Crippen LogP contribution < -0.4 is 18.9 Å². The quantitative estimate of drug-likeness (QED) is 0.0373. The molecule has 0 aliphatic heterocycles. The van der Waals surface area contributed by atoms with Gasteiger partial charge in [0.25, 0.3) is 0 Å². The second kappa shape index (κ2) is 26.7. The number of methoxy groups -OCH3 is 2. The lowest BCUT2D eigenvalue weighted by molar-refractivity contribution is 0.0462. The Bertz CT molecular complexity index is 2310. The second-order valence-corrected chi connectivity index (χ2v) is 17.5. The number of aryl methyl sites for hydroxylation is 2. The van der Waals surface area contributed by atoms with E-state index in [1.165, 1.54) is 64.2 Å². The molecule has 68 heavy (non-hydrogen) atoms. The largest absolute Gasteiger partial charge is 0.497 e. The van der Waals surface area contributed by atoms with Gasteiger partial charge in [-0.1, -0.05) is 127 Å². The highest BCUT2D eigenvalue weighted by atomic mass is 16.5. The van der Waals surface area contributed by atoms with E-state index < -0.39 is 11.9 Å². The molecule has 6 aromatic rings. The Morgan fingerprint density at radius 2 is 0.721 bits per heavy atom. The Hall–Kier alpha value is -6.54. The minimum absolute atomic E-state index is 0.0137. The van der Waals surface area contributed by atoms with Gasteiger partial charge in [-0.25, -0.2) is 9.59 Å². The van der Waals surface area contributed by atoms with Crippen molar-refractivity contribution in [3.05, 3.63) is 155 Å². The molecule has 0 fully saturated rings. The maximum Gasteiger partial charge on any atom is 0.338 e. The third-order valence-corrected chi connectivity index (χ3v) is 12.4. The molecule has 8 heteroatoms. The molecule has 0 spiro atoms. The fraction of sp³-hybridized carbons (Fsp3) is 0.367. The molecule has 358 valence electrons. The number of ether oxygens (including phenoxy) is 6. The zero-order valence-electron chi connectivity index (χ0n) is 41.1. The van der Waals surface area contributed by atoms with Crippen molar-refractivity contribution in [2.75, 3.05) is 27.4 Å². The summed E-state index contributed by atoms with van der Waals surface area (Å²) >= 11 is 0. The van der Waals surface area contributed by atoms with Gasteiger partial charge >= 0.3 is 11.9 Å². The predicted molar refractivity (Wildman–Crippen MR) is 274 cm³/mol. The highest BCUT2D eigenvalue weighted by Crippen LogP contribution is 2.39. The zero-order valence-corrected chi connectivity index (χ0v) is 41.1. The first-order valence-corrected chi connectivity index (χ1v) is 24.6. The van der Waals surface area contributed by atoms with Crippen molar-refractivity contribution in [2.24, 2.45) is 0 Å². The van der Waals surface area contributed by atoms with Gasteiger partial charge in [0.15, 0.2) is 0 Å². The first kappa shape index (κ1) is 50.9. The molecule has 0 saturated heterocycles. The van der Waals surface area contributed by atoms with Crippen LogP contribution in [0.3, 0.4) is 0 Å². The van der Waals surface area contributed by atoms with Gasteiger partial charge in [0.05, 0.1) is 38.6 Å². The lowest BCUT2D eigenvalue weighted by atomic mass is 9.88. The monoisotopic (exact) mass is 919 g/mol. The normalized spacial score (nSPS) is 11.0. The number of esters is 2. The van der Waals surface area contributed by atoms with Gasteiger partial charge < -0.3 is 28.4 Å². The van der Waals surface area contributed by atoms with Gasteiger partial charge in [-0.2, -0.15) is 0 Å². The minimum atomic E-state index is -0.446. The zero-order chi connectivity index (χ0) is 48.1. The summed E-state index contributed by atoms with van der Waals surface area (Å²) in [6.45, 7) is 9.87. The van der Waals surface area contributed by atoms with E-state index in [0.717, 1.165) is 93.2 Å². The molecule has 0 atom stereocenters. The summed E-state index contributed by atoms with van der Waals surface area (Å²) in [5.41, 5.74) is 9.96. The molecule has 0 aliphatic carbocycles. The van der Waals surface area contributed by atoms with Crippen molar-refractivity contribution in [3.63, 3.8) is 0 Å². The van der Waals surface area contributed by atoms with E-state index in [2.05, 4.69) is 13.8 Å². The summed E-state index contributed by atoms with van der Waals surface area (Å²) in [4.78, 5) is 27.1. The standard InChI is InChI=1S/C60H70O8/c1-7-9-11-13-15-17-35-65-53-31-27-47(28-32-53)45-19-23-49(24-20-45)59(61)67-41-51-39-55(63-5)37-43(3)57(51)58-44(4)38-56(64-6)40-52(58)42-68-60(62)50-25-21-46(22-26-50)48-29-33-54(34-30-48)66-36-18-16-14-12-10-8-2/h19-34,37-40H,7-18,35-36,41-42H2,1-6H3. The van der Waals surface area contributed by atoms with E-state index in [-0.39, 0.29) is 13.2 Å². The summed E-state index contributed by atoms with van der Waals surface area (Å²) in [7, 11) is 3.23. The summed E-state index contributed by atoms with van der Waals surface area (Å²) in [5, 5.41) is 0. The molecule has 8 nitrogen and oxygen atoms in total. The molecule has 0 saturated carbocycles. The van der Waals surface area contributed by atoms with Crippen LogP contribution in [-0.4, -0.2) is 39.4 Å². The smallest absolute Gasteiger partial charge is 0.338 e. The van der Waals surface area contributed by atoms with E-state index in [4.69, 9.17) is 28.4 Å². The molecule has 6 aromatic carbocycles. The van der Waals surface area contributed by atoms with Crippen LogP contribution in [0.25, 0.3) is 33.4 Å². The van der Waals surface area contributed by atoms with Crippen LogP contribution in [0.2, 0.25) is 0 Å². The molecular weight excluding hydrogens is 849 g/mol. The first-order chi connectivity index (χ1) is 33.2. The Morgan fingerprint density at radius 1 is 0.397 bits per heavy atom. The molecule has 6 rings (SSSR count). The van der Waals surface area contributed by atoms with Crippen LogP contribution >= 0.6 is 0 Å².